The molecule has 2 rings (SSSR count). The van der Waals surface area contributed by atoms with Gasteiger partial charge in [0, 0.05) is 10.6 Å². The summed E-state index contributed by atoms with van der Waals surface area (Å²) in [5.41, 5.74) is 0.973. The van der Waals surface area contributed by atoms with E-state index in [0.29, 0.717) is 16.1 Å². The van der Waals surface area contributed by atoms with E-state index in [0.717, 1.165) is 0 Å². The van der Waals surface area contributed by atoms with E-state index < -0.39 is 18.0 Å². The van der Waals surface area contributed by atoms with Crippen LogP contribution in [-0.2, 0) is 14.3 Å². The van der Waals surface area contributed by atoms with Crippen molar-refractivity contribution >= 4 is 35.1 Å². The van der Waals surface area contributed by atoms with Gasteiger partial charge in [0.25, 0.3) is 5.91 Å². The Hall–Kier alpha value is -2.60. The second-order valence-corrected chi connectivity index (χ2v) is 6.41. The maximum Gasteiger partial charge on any atom is 0.340 e. The van der Waals surface area contributed by atoms with E-state index in [1.807, 2.05) is 6.07 Å². The van der Waals surface area contributed by atoms with Crippen molar-refractivity contribution in [2.45, 2.75) is 24.8 Å². The number of benzene rings is 2. The second kappa shape index (κ2) is 9.03. The number of carbonyl (C=O) groups is 3. The number of Topliss-reactive ketones (excluding diaryl/α,β-unsaturated/α-hetero) is 1. The topological polar surface area (TPSA) is 72.5 Å². The van der Waals surface area contributed by atoms with Crippen LogP contribution in [0.15, 0.2) is 59.5 Å². The highest BCUT2D eigenvalue weighted by Crippen LogP contribution is 2.23. The number of rotatable bonds is 7. The summed E-state index contributed by atoms with van der Waals surface area (Å²) in [5, 5.41) is 2.69. The zero-order chi connectivity index (χ0) is 18.2. The third kappa shape index (κ3) is 5.76. The van der Waals surface area contributed by atoms with E-state index in [2.05, 4.69) is 5.32 Å². The molecule has 130 valence electrons. The number of nitrogens with one attached hydrogen (secondary N) is 1. The molecule has 0 aliphatic carbocycles. The lowest BCUT2D eigenvalue weighted by atomic mass is 10.2. The molecular weight excluding hydrogens is 338 g/mol. The van der Waals surface area contributed by atoms with Crippen LogP contribution in [0.2, 0.25) is 0 Å². The van der Waals surface area contributed by atoms with Crippen molar-refractivity contribution < 1.29 is 19.1 Å². The summed E-state index contributed by atoms with van der Waals surface area (Å²) >= 11 is 1.27. The smallest absolute Gasteiger partial charge is 0.340 e. The molecule has 0 saturated heterocycles. The van der Waals surface area contributed by atoms with Gasteiger partial charge < -0.3 is 10.1 Å². The number of ketones is 1. The Bertz CT molecular complexity index is 761. The van der Waals surface area contributed by atoms with Gasteiger partial charge in [-0.2, -0.15) is 0 Å². The minimum absolute atomic E-state index is 0.0174. The molecule has 25 heavy (non-hydrogen) atoms. The molecule has 0 aliphatic heterocycles. The van der Waals surface area contributed by atoms with Gasteiger partial charge in [0.15, 0.2) is 6.10 Å². The van der Waals surface area contributed by atoms with Crippen LogP contribution in [0.1, 0.15) is 24.2 Å². The fourth-order valence-corrected chi connectivity index (χ4v) is 2.82. The third-order valence-electron chi connectivity index (χ3n) is 3.23. The Morgan fingerprint density at radius 1 is 1.04 bits per heavy atom. The SMILES string of the molecule is CC(=O)CSc1ccccc1C(=O)O[C@H](C)C(=O)Nc1ccccc1. The summed E-state index contributed by atoms with van der Waals surface area (Å²) in [6, 6.07) is 15.8. The van der Waals surface area contributed by atoms with Gasteiger partial charge in [0.2, 0.25) is 0 Å². The van der Waals surface area contributed by atoms with Crippen LogP contribution >= 0.6 is 11.8 Å². The molecular formula is C19H19NO4S. The van der Waals surface area contributed by atoms with Gasteiger partial charge in [-0.25, -0.2) is 4.79 Å². The third-order valence-corrected chi connectivity index (χ3v) is 4.45. The summed E-state index contributed by atoms with van der Waals surface area (Å²) in [5.74, 6) is -0.714. The molecule has 0 bridgehead atoms. The minimum atomic E-state index is -0.946. The van der Waals surface area contributed by atoms with E-state index >= 15 is 0 Å². The molecule has 1 amide bonds. The molecule has 0 heterocycles. The monoisotopic (exact) mass is 357 g/mol. The molecule has 1 atom stereocenters. The summed E-state index contributed by atoms with van der Waals surface area (Å²) in [6.45, 7) is 3.01. The number of hydrogen-bond donors (Lipinski definition) is 1. The Labute approximate surface area is 150 Å². The van der Waals surface area contributed by atoms with Crippen molar-refractivity contribution in [1.82, 2.24) is 0 Å². The molecule has 2 aromatic carbocycles. The highest BCUT2D eigenvalue weighted by molar-refractivity contribution is 8.00. The first-order valence-corrected chi connectivity index (χ1v) is 8.74. The summed E-state index contributed by atoms with van der Waals surface area (Å²) in [4.78, 5) is 36.3. The van der Waals surface area contributed by atoms with Crippen molar-refractivity contribution in [1.29, 1.82) is 0 Å². The van der Waals surface area contributed by atoms with Crippen molar-refractivity contribution in [3.05, 3.63) is 60.2 Å². The molecule has 0 aliphatic rings. The number of carbonyl (C=O) groups excluding carboxylic acids is 3. The van der Waals surface area contributed by atoms with E-state index in [4.69, 9.17) is 4.74 Å². The van der Waals surface area contributed by atoms with Crippen LogP contribution < -0.4 is 5.32 Å². The van der Waals surface area contributed by atoms with Crippen molar-refractivity contribution in [2.24, 2.45) is 0 Å². The Morgan fingerprint density at radius 2 is 1.68 bits per heavy atom. The zero-order valence-electron chi connectivity index (χ0n) is 14.0. The maximum atomic E-state index is 12.4. The van der Waals surface area contributed by atoms with Gasteiger partial charge in [0.1, 0.15) is 5.78 Å². The molecule has 6 heteroatoms. The van der Waals surface area contributed by atoms with E-state index in [-0.39, 0.29) is 11.5 Å². The lowest BCUT2D eigenvalue weighted by Gasteiger charge is -2.15. The predicted octanol–water partition coefficient (Wildman–Crippen LogP) is 3.55. The van der Waals surface area contributed by atoms with E-state index in [9.17, 15) is 14.4 Å². The molecule has 0 fully saturated rings. The van der Waals surface area contributed by atoms with Crippen molar-refractivity contribution in [3.8, 4) is 0 Å². The summed E-state index contributed by atoms with van der Waals surface area (Å²) < 4.78 is 5.27. The van der Waals surface area contributed by atoms with Gasteiger partial charge in [-0.3, -0.25) is 9.59 Å². The number of amides is 1. The number of esters is 1. The van der Waals surface area contributed by atoms with Crippen LogP contribution in [-0.4, -0.2) is 29.5 Å². The molecule has 0 unspecified atom stereocenters. The molecule has 0 radical (unpaired) electrons. The molecule has 0 aromatic heterocycles. The number of thioether (sulfide) groups is 1. The van der Waals surface area contributed by atoms with Crippen LogP contribution in [0.3, 0.4) is 0 Å². The Balaban J connectivity index is 2.01. The highest BCUT2D eigenvalue weighted by Gasteiger charge is 2.21. The van der Waals surface area contributed by atoms with Crippen LogP contribution in [0.25, 0.3) is 0 Å². The number of anilines is 1. The van der Waals surface area contributed by atoms with Gasteiger partial charge in [-0.15, -0.1) is 11.8 Å². The summed E-state index contributed by atoms with van der Waals surface area (Å²) in [7, 11) is 0. The zero-order valence-corrected chi connectivity index (χ0v) is 14.8. The first-order chi connectivity index (χ1) is 12.0. The van der Waals surface area contributed by atoms with Crippen LogP contribution in [0.5, 0.6) is 0 Å². The largest absolute Gasteiger partial charge is 0.449 e. The first kappa shape index (κ1) is 18.7. The van der Waals surface area contributed by atoms with Gasteiger partial charge in [-0.1, -0.05) is 30.3 Å². The standard InChI is InChI=1S/C19H19NO4S/c1-13(21)12-25-17-11-7-6-10-16(17)19(23)24-14(2)18(22)20-15-8-4-3-5-9-15/h3-11,14H,12H2,1-2H3,(H,20,22)/t14-/m1/s1. The molecule has 5 nitrogen and oxygen atoms in total. The lowest BCUT2D eigenvalue weighted by molar-refractivity contribution is -0.123. The fraction of sp³-hybridized carbons (Fsp3) is 0.211. The molecule has 0 saturated carbocycles. The van der Waals surface area contributed by atoms with Crippen LogP contribution in [0.4, 0.5) is 5.69 Å². The van der Waals surface area contributed by atoms with Crippen molar-refractivity contribution in [3.63, 3.8) is 0 Å². The lowest BCUT2D eigenvalue weighted by Crippen LogP contribution is -2.30. The quantitative estimate of drug-likeness (QED) is 0.606. The number of hydrogen-bond acceptors (Lipinski definition) is 5. The predicted molar refractivity (Wildman–Crippen MR) is 97.8 cm³/mol. The molecule has 2 aromatic rings. The molecule has 0 spiro atoms. The second-order valence-electron chi connectivity index (χ2n) is 5.39. The average molecular weight is 357 g/mol. The van der Waals surface area contributed by atoms with Gasteiger partial charge in [0.05, 0.1) is 11.3 Å². The van der Waals surface area contributed by atoms with Crippen LogP contribution in [0, 0.1) is 0 Å². The normalized spacial score (nSPS) is 11.4. The van der Waals surface area contributed by atoms with Gasteiger partial charge in [-0.05, 0) is 38.1 Å². The highest BCUT2D eigenvalue weighted by atomic mass is 32.2. The minimum Gasteiger partial charge on any atom is -0.449 e. The fourth-order valence-electron chi connectivity index (χ4n) is 1.98. The molecule has 1 N–H and O–H groups in total. The van der Waals surface area contributed by atoms with E-state index in [1.165, 1.54) is 25.6 Å². The Kier molecular flexibility index (Phi) is 6.77. The maximum absolute atomic E-state index is 12.4. The van der Waals surface area contributed by atoms with Gasteiger partial charge >= 0.3 is 5.97 Å². The number of para-hydroxylation sites is 1. The van der Waals surface area contributed by atoms with E-state index in [1.54, 1.807) is 48.5 Å². The van der Waals surface area contributed by atoms with Crippen molar-refractivity contribution in [2.75, 3.05) is 11.1 Å². The average Bonchev–Trinajstić information content (AvgIpc) is 2.60. The summed E-state index contributed by atoms with van der Waals surface area (Å²) in [6.07, 6.45) is -0.946. The first-order valence-electron chi connectivity index (χ1n) is 7.75. The Morgan fingerprint density at radius 3 is 2.36 bits per heavy atom. The number of ether oxygens (including phenoxy) is 1.